The van der Waals surface area contributed by atoms with Crippen LogP contribution < -0.4 is 16.4 Å². The van der Waals surface area contributed by atoms with Crippen LogP contribution in [0.3, 0.4) is 0 Å². The summed E-state index contributed by atoms with van der Waals surface area (Å²) in [5.74, 6) is 0.144. The van der Waals surface area contributed by atoms with Gasteiger partial charge in [-0.2, -0.15) is 0 Å². The molecule has 0 atom stereocenters. The largest absolute Gasteiger partial charge is 0.384 e. The summed E-state index contributed by atoms with van der Waals surface area (Å²) in [5.41, 5.74) is 7.46. The van der Waals surface area contributed by atoms with E-state index in [0.29, 0.717) is 22.1 Å². The highest BCUT2D eigenvalue weighted by molar-refractivity contribution is 7.90. The molecule has 166 valence electrons. The van der Waals surface area contributed by atoms with Crippen molar-refractivity contribution in [1.82, 2.24) is 15.3 Å². The molecule has 0 saturated heterocycles. The van der Waals surface area contributed by atoms with E-state index in [4.69, 9.17) is 17.3 Å². The van der Waals surface area contributed by atoms with Crippen molar-refractivity contribution in [2.75, 3.05) is 11.1 Å². The lowest BCUT2D eigenvalue weighted by molar-refractivity contribution is 0.240. The minimum atomic E-state index is -3.63. The average Bonchev–Trinajstić information content (AvgIpc) is 2.71. The molecule has 1 saturated carbocycles. The van der Waals surface area contributed by atoms with Gasteiger partial charge in [0.15, 0.2) is 15.7 Å². The molecule has 0 spiro atoms. The number of hydrogen-bond donors (Lipinski definition) is 3. The van der Waals surface area contributed by atoms with Gasteiger partial charge in [0.1, 0.15) is 5.82 Å². The van der Waals surface area contributed by atoms with Gasteiger partial charge in [0.2, 0.25) is 0 Å². The number of hydrogen-bond acceptors (Lipinski definition) is 6. The first-order valence-corrected chi connectivity index (χ1v) is 12.1. The molecule has 1 aromatic heterocycles. The number of benzene rings is 2. The van der Waals surface area contributed by atoms with Gasteiger partial charge in [0, 0.05) is 28.4 Å². The Morgan fingerprint density at radius 2 is 1.75 bits per heavy atom. The summed E-state index contributed by atoms with van der Waals surface area (Å²) >= 11 is 5.84. The Morgan fingerprint density at radius 1 is 1.06 bits per heavy atom. The molecule has 32 heavy (non-hydrogen) atoms. The van der Waals surface area contributed by atoms with Crippen LogP contribution in [0, 0.1) is 0 Å². The van der Waals surface area contributed by atoms with Crippen LogP contribution in [0.25, 0.3) is 11.4 Å². The maximum atomic E-state index is 12.7. The number of nitrogens with zero attached hydrogens (tertiary/aromatic N) is 2. The number of carbonyl (C=O) groups excluding carboxylic acids is 1. The van der Waals surface area contributed by atoms with E-state index in [-0.39, 0.29) is 34.2 Å². The smallest absolute Gasteiger partial charge is 0.319 e. The van der Waals surface area contributed by atoms with Crippen molar-refractivity contribution in [3.8, 4) is 11.4 Å². The first-order valence-electron chi connectivity index (χ1n) is 10.1. The summed E-state index contributed by atoms with van der Waals surface area (Å²) in [7, 11) is -3.63. The fraction of sp³-hybridized carbons (Fsp3) is 0.227. The number of halogens is 1. The van der Waals surface area contributed by atoms with Gasteiger partial charge < -0.3 is 16.4 Å². The van der Waals surface area contributed by atoms with Crippen molar-refractivity contribution in [3.63, 3.8) is 0 Å². The topological polar surface area (TPSA) is 127 Å². The molecule has 4 rings (SSSR count). The third-order valence-electron chi connectivity index (χ3n) is 5.15. The molecule has 0 unspecified atom stereocenters. The Bertz CT molecular complexity index is 1230. The van der Waals surface area contributed by atoms with Crippen LogP contribution in [0.5, 0.6) is 0 Å². The van der Waals surface area contributed by atoms with Crippen LogP contribution in [0.15, 0.2) is 59.5 Å². The molecule has 0 aliphatic heterocycles. The highest BCUT2D eigenvalue weighted by Crippen LogP contribution is 2.23. The summed E-state index contributed by atoms with van der Waals surface area (Å²) in [6, 6.07) is 14.3. The third kappa shape index (κ3) is 5.35. The van der Waals surface area contributed by atoms with Crippen LogP contribution in [0.1, 0.15) is 25.0 Å². The molecule has 2 aromatic carbocycles. The molecule has 1 aliphatic rings. The number of carbonyl (C=O) groups is 1. The van der Waals surface area contributed by atoms with Crippen molar-refractivity contribution >= 4 is 39.0 Å². The van der Waals surface area contributed by atoms with Gasteiger partial charge in [0.05, 0.1) is 16.3 Å². The Labute approximate surface area is 191 Å². The normalized spacial score (nSPS) is 13.9. The molecule has 1 heterocycles. The maximum absolute atomic E-state index is 12.7. The zero-order valence-electron chi connectivity index (χ0n) is 17.1. The molecule has 10 heteroatoms. The molecule has 0 bridgehead atoms. The molecule has 1 fully saturated rings. The number of sulfone groups is 1. The van der Waals surface area contributed by atoms with Gasteiger partial charge in [-0.3, -0.25) is 0 Å². The molecule has 1 aliphatic carbocycles. The van der Waals surface area contributed by atoms with Gasteiger partial charge in [-0.15, -0.1) is 0 Å². The number of nitrogens with two attached hydrogens (primary N) is 1. The molecule has 3 aromatic rings. The third-order valence-corrected chi connectivity index (χ3v) is 7.07. The van der Waals surface area contributed by atoms with E-state index < -0.39 is 9.84 Å². The number of anilines is 2. The summed E-state index contributed by atoms with van der Waals surface area (Å²) in [5, 5.41) is 6.15. The van der Waals surface area contributed by atoms with Crippen molar-refractivity contribution in [1.29, 1.82) is 0 Å². The summed E-state index contributed by atoms with van der Waals surface area (Å²) in [4.78, 5) is 20.8. The quantitative estimate of drug-likeness (QED) is 0.498. The maximum Gasteiger partial charge on any atom is 0.319 e. The summed E-state index contributed by atoms with van der Waals surface area (Å²) in [6.07, 6.45) is 3.16. The van der Waals surface area contributed by atoms with Crippen LogP contribution in [-0.2, 0) is 15.6 Å². The molecular weight excluding hydrogens is 450 g/mol. The number of amides is 2. The van der Waals surface area contributed by atoms with E-state index in [9.17, 15) is 13.2 Å². The van der Waals surface area contributed by atoms with Crippen LogP contribution in [0.4, 0.5) is 16.3 Å². The van der Waals surface area contributed by atoms with Gasteiger partial charge in [-0.05, 0) is 67.8 Å². The molecule has 2 amide bonds. The molecular formula is C22H22ClN5O3S. The average molecular weight is 472 g/mol. The summed E-state index contributed by atoms with van der Waals surface area (Å²) in [6.45, 7) is 0. The number of nitrogens with one attached hydrogen (secondary N) is 2. The van der Waals surface area contributed by atoms with Crippen LogP contribution in [0.2, 0.25) is 5.02 Å². The van der Waals surface area contributed by atoms with E-state index in [0.717, 1.165) is 19.3 Å². The van der Waals surface area contributed by atoms with E-state index in [1.807, 2.05) is 0 Å². The van der Waals surface area contributed by atoms with E-state index in [1.165, 1.54) is 30.3 Å². The van der Waals surface area contributed by atoms with Gasteiger partial charge in [-0.1, -0.05) is 11.6 Å². The van der Waals surface area contributed by atoms with Gasteiger partial charge in [0.25, 0.3) is 0 Å². The number of aromatic nitrogens is 2. The molecule has 0 radical (unpaired) electrons. The predicted molar refractivity (Wildman–Crippen MR) is 124 cm³/mol. The zero-order valence-corrected chi connectivity index (χ0v) is 18.7. The SMILES string of the molecule is Nc1cc(CS(=O)(=O)c2ccc(Cl)cc2)nc(-c2ccc(NC(=O)NC3CCC3)cc2)n1. The summed E-state index contributed by atoms with van der Waals surface area (Å²) < 4.78 is 25.5. The minimum Gasteiger partial charge on any atom is -0.384 e. The Hall–Kier alpha value is -3.17. The number of urea groups is 1. The first-order chi connectivity index (χ1) is 15.3. The van der Waals surface area contributed by atoms with Crippen molar-refractivity contribution in [3.05, 3.63) is 65.3 Å². The zero-order chi connectivity index (χ0) is 22.7. The Kier molecular flexibility index (Phi) is 6.29. The lowest BCUT2D eigenvalue weighted by atomic mass is 9.93. The second kappa shape index (κ2) is 9.13. The monoisotopic (exact) mass is 471 g/mol. The highest BCUT2D eigenvalue weighted by Gasteiger charge is 2.20. The Morgan fingerprint density at radius 3 is 2.38 bits per heavy atom. The van der Waals surface area contributed by atoms with Crippen molar-refractivity contribution in [2.24, 2.45) is 0 Å². The predicted octanol–water partition coefficient (Wildman–Crippen LogP) is 4.03. The van der Waals surface area contributed by atoms with E-state index in [2.05, 4.69) is 20.6 Å². The second-order valence-corrected chi connectivity index (χ2v) is 10.1. The lowest BCUT2D eigenvalue weighted by Gasteiger charge is -2.26. The fourth-order valence-corrected chi connectivity index (χ4v) is 4.63. The molecule has 4 N–H and O–H groups in total. The van der Waals surface area contributed by atoms with Gasteiger partial charge in [-0.25, -0.2) is 23.2 Å². The standard InChI is InChI=1S/C22H22ClN5O3S/c23-15-6-10-19(11-7-15)32(30,31)13-18-12-20(24)28-21(25-18)14-4-8-17(9-5-14)27-22(29)26-16-2-1-3-16/h4-12,16H,1-3,13H2,(H2,24,25,28)(H2,26,27,29). The van der Waals surface area contributed by atoms with Crippen molar-refractivity contribution in [2.45, 2.75) is 36.0 Å². The minimum absolute atomic E-state index is 0.149. The molecule has 8 nitrogen and oxygen atoms in total. The van der Waals surface area contributed by atoms with E-state index in [1.54, 1.807) is 24.3 Å². The van der Waals surface area contributed by atoms with Gasteiger partial charge >= 0.3 is 6.03 Å². The van der Waals surface area contributed by atoms with Crippen molar-refractivity contribution < 1.29 is 13.2 Å². The number of rotatable bonds is 6. The number of nitrogen functional groups attached to an aromatic ring is 1. The fourth-order valence-electron chi connectivity index (χ4n) is 3.25. The van der Waals surface area contributed by atoms with Crippen LogP contribution >= 0.6 is 11.6 Å². The lowest BCUT2D eigenvalue weighted by Crippen LogP contribution is -2.41. The highest BCUT2D eigenvalue weighted by atomic mass is 35.5. The second-order valence-electron chi connectivity index (χ2n) is 7.62. The Balaban J connectivity index is 1.49. The van der Waals surface area contributed by atoms with E-state index >= 15 is 0 Å². The van der Waals surface area contributed by atoms with Crippen LogP contribution in [-0.4, -0.2) is 30.5 Å². The first kappa shape index (κ1) is 22.0.